The standard InChI is InChI=1S/C16H17N3O5S/c17-6-12(8-18-13-3-4-25(21,22)9-13)16(20)19-7-11-1-2-14-15(5-11)24-10-23-14/h1-2,5,8,13,18H,3-4,7,9-10H2,(H,19,20)/b12-8-. The summed E-state index contributed by atoms with van der Waals surface area (Å²) in [7, 11) is -3.02. The van der Waals surface area contributed by atoms with Gasteiger partial charge in [-0.15, -0.1) is 0 Å². The van der Waals surface area contributed by atoms with Gasteiger partial charge in [0.05, 0.1) is 11.5 Å². The Balaban J connectivity index is 1.55. The van der Waals surface area contributed by atoms with Crippen molar-refractivity contribution in [2.45, 2.75) is 19.0 Å². The lowest BCUT2D eigenvalue weighted by Crippen LogP contribution is -2.29. The molecule has 1 fully saturated rings. The number of sulfone groups is 1. The largest absolute Gasteiger partial charge is 0.454 e. The van der Waals surface area contributed by atoms with Gasteiger partial charge in [0.25, 0.3) is 5.91 Å². The Kier molecular flexibility index (Phi) is 4.81. The Morgan fingerprint density at radius 2 is 2.16 bits per heavy atom. The summed E-state index contributed by atoms with van der Waals surface area (Å²) in [6.45, 7) is 0.404. The van der Waals surface area contributed by atoms with Gasteiger partial charge in [-0.3, -0.25) is 4.79 Å². The van der Waals surface area contributed by atoms with Gasteiger partial charge in [0, 0.05) is 18.8 Å². The molecule has 2 aliphatic rings. The molecule has 1 amide bonds. The van der Waals surface area contributed by atoms with Crippen molar-refractivity contribution in [3.8, 4) is 17.6 Å². The van der Waals surface area contributed by atoms with E-state index in [9.17, 15) is 13.2 Å². The number of rotatable bonds is 5. The van der Waals surface area contributed by atoms with E-state index in [2.05, 4.69) is 10.6 Å². The van der Waals surface area contributed by atoms with Gasteiger partial charge in [-0.2, -0.15) is 5.26 Å². The van der Waals surface area contributed by atoms with E-state index in [0.717, 1.165) is 5.56 Å². The molecule has 1 unspecified atom stereocenters. The van der Waals surface area contributed by atoms with E-state index in [0.29, 0.717) is 17.9 Å². The van der Waals surface area contributed by atoms with E-state index >= 15 is 0 Å². The Morgan fingerprint density at radius 3 is 2.88 bits per heavy atom. The Morgan fingerprint density at radius 1 is 1.36 bits per heavy atom. The molecule has 8 nitrogen and oxygen atoms in total. The molecule has 2 heterocycles. The summed E-state index contributed by atoms with van der Waals surface area (Å²) in [5, 5.41) is 14.6. The number of nitrogens with one attached hydrogen (secondary N) is 2. The molecule has 1 aromatic carbocycles. The minimum atomic E-state index is -3.02. The van der Waals surface area contributed by atoms with Crippen LogP contribution in [0.3, 0.4) is 0 Å². The van der Waals surface area contributed by atoms with Gasteiger partial charge in [0.1, 0.15) is 11.6 Å². The van der Waals surface area contributed by atoms with Gasteiger partial charge < -0.3 is 20.1 Å². The van der Waals surface area contributed by atoms with Crippen LogP contribution in [-0.2, 0) is 21.2 Å². The third kappa shape index (κ3) is 4.22. The van der Waals surface area contributed by atoms with Crippen molar-refractivity contribution >= 4 is 15.7 Å². The van der Waals surface area contributed by atoms with Gasteiger partial charge in [-0.25, -0.2) is 8.42 Å². The second-order valence-corrected chi connectivity index (χ2v) is 8.04. The fraction of sp³-hybridized carbons (Fsp3) is 0.375. The van der Waals surface area contributed by atoms with Crippen LogP contribution in [0.5, 0.6) is 11.5 Å². The molecular formula is C16H17N3O5S. The summed E-state index contributed by atoms with van der Waals surface area (Å²) >= 11 is 0. The first-order valence-corrected chi connectivity index (χ1v) is 9.52. The maximum absolute atomic E-state index is 12.1. The number of hydrogen-bond acceptors (Lipinski definition) is 7. The SMILES string of the molecule is N#C/C(=C/NC1CCS(=O)(=O)C1)C(=O)NCc1ccc2c(c1)OCO2. The second-order valence-electron chi connectivity index (χ2n) is 5.81. The third-order valence-corrected chi connectivity index (χ3v) is 5.72. The summed E-state index contributed by atoms with van der Waals surface area (Å²) in [4.78, 5) is 12.1. The zero-order chi connectivity index (χ0) is 17.9. The average molecular weight is 363 g/mol. The molecule has 1 aromatic rings. The molecule has 2 N–H and O–H groups in total. The van der Waals surface area contributed by atoms with Crippen LogP contribution < -0.4 is 20.1 Å². The summed E-state index contributed by atoms with van der Waals surface area (Å²) in [6, 6.07) is 6.87. The molecule has 132 valence electrons. The van der Waals surface area contributed by atoms with Crippen LogP contribution in [0.25, 0.3) is 0 Å². The second kappa shape index (κ2) is 7.03. The summed E-state index contributed by atoms with van der Waals surface area (Å²) < 4.78 is 33.3. The van der Waals surface area contributed by atoms with Gasteiger partial charge in [0.15, 0.2) is 21.3 Å². The molecule has 0 aromatic heterocycles. The zero-order valence-corrected chi connectivity index (χ0v) is 14.1. The molecule has 0 bridgehead atoms. The zero-order valence-electron chi connectivity index (χ0n) is 13.3. The van der Waals surface area contributed by atoms with Crippen molar-refractivity contribution in [1.82, 2.24) is 10.6 Å². The lowest BCUT2D eigenvalue weighted by atomic mass is 10.2. The third-order valence-electron chi connectivity index (χ3n) is 3.95. The Hall–Kier alpha value is -2.73. The highest BCUT2D eigenvalue weighted by Gasteiger charge is 2.27. The van der Waals surface area contributed by atoms with Crippen LogP contribution in [0.1, 0.15) is 12.0 Å². The molecule has 0 aliphatic carbocycles. The summed E-state index contributed by atoms with van der Waals surface area (Å²) in [5.74, 6) is 0.876. The van der Waals surface area contributed by atoms with E-state index < -0.39 is 15.7 Å². The minimum Gasteiger partial charge on any atom is -0.454 e. The number of carbonyl (C=O) groups excluding carboxylic acids is 1. The Labute approximate surface area is 145 Å². The lowest BCUT2D eigenvalue weighted by Gasteiger charge is -2.09. The first-order chi connectivity index (χ1) is 12.0. The van der Waals surface area contributed by atoms with Crippen molar-refractivity contribution in [3.63, 3.8) is 0 Å². The average Bonchev–Trinajstić information content (AvgIpc) is 3.18. The van der Waals surface area contributed by atoms with Crippen LogP contribution in [-0.4, -0.2) is 38.7 Å². The molecule has 0 spiro atoms. The number of benzene rings is 1. The predicted octanol–water partition coefficient (Wildman–Crippen LogP) is 0.216. The summed E-state index contributed by atoms with van der Waals surface area (Å²) in [6.07, 6.45) is 1.75. The van der Waals surface area contributed by atoms with Crippen molar-refractivity contribution in [3.05, 3.63) is 35.5 Å². The fourth-order valence-electron chi connectivity index (χ4n) is 2.60. The highest BCUT2D eigenvalue weighted by atomic mass is 32.2. The number of fused-ring (bicyclic) bond motifs is 1. The number of carbonyl (C=O) groups is 1. The molecule has 0 saturated carbocycles. The van der Waals surface area contributed by atoms with E-state index in [1.54, 1.807) is 18.2 Å². The minimum absolute atomic E-state index is 0.0149. The van der Waals surface area contributed by atoms with Crippen molar-refractivity contribution in [2.75, 3.05) is 18.3 Å². The highest BCUT2D eigenvalue weighted by molar-refractivity contribution is 7.91. The molecule has 25 heavy (non-hydrogen) atoms. The smallest absolute Gasteiger partial charge is 0.263 e. The monoisotopic (exact) mass is 363 g/mol. The van der Waals surface area contributed by atoms with Crippen LogP contribution in [0.15, 0.2) is 30.0 Å². The number of nitriles is 1. The molecule has 0 radical (unpaired) electrons. The normalized spacial score (nSPS) is 20.8. The maximum Gasteiger partial charge on any atom is 0.263 e. The van der Waals surface area contributed by atoms with Crippen molar-refractivity contribution in [2.24, 2.45) is 0 Å². The van der Waals surface area contributed by atoms with E-state index in [4.69, 9.17) is 14.7 Å². The molecule has 2 aliphatic heterocycles. The number of nitrogens with zero attached hydrogens (tertiary/aromatic N) is 1. The highest BCUT2D eigenvalue weighted by Crippen LogP contribution is 2.32. The maximum atomic E-state index is 12.1. The molecule has 3 rings (SSSR count). The molecule has 1 atom stereocenters. The van der Waals surface area contributed by atoms with Crippen LogP contribution in [0, 0.1) is 11.3 Å². The van der Waals surface area contributed by atoms with Crippen molar-refractivity contribution in [1.29, 1.82) is 5.26 Å². The number of amides is 1. The first-order valence-electron chi connectivity index (χ1n) is 7.70. The fourth-order valence-corrected chi connectivity index (χ4v) is 4.29. The van der Waals surface area contributed by atoms with Crippen molar-refractivity contribution < 1.29 is 22.7 Å². The Bertz CT molecular complexity index is 857. The molecular weight excluding hydrogens is 346 g/mol. The summed E-state index contributed by atoms with van der Waals surface area (Å²) in [5.41, 5.74) is 0.703. The topological polar surface area (TPSA) is 118 Å². The number of ether oxygens (including phenoxy) is 2. The van der Waals surface area contributed by atoms with Crippen LogP contribution >= 0.6 is 0 Å². The van der Waals surface area contributed by atoms with Crippen LogP contribution in [0.2, 0.25) is 0 Å². The van der Waals surface area contributed by atoms with Gasteiger partial charge >= 0.3 is 0 Å². The number of hydrogen-bond donors (Lipinski definition) is 2. The molecule has 9 heteroatoms. The van der Waals surface area contributed by atoms with E-state index in [-0.39, 0.29) is 36.5 Å². The van der Waals surface area contributed by atoms with Gasteiger partial charge in [0.2, 0.25) is 6.79 Å². The lowest BCUT2D eigenvalue weighted by molar-refractivity contribution is -0.117. The van der Waals surface area contributed by atoms with E-state index in [1.165, 1.54) is 6.20 Å². The van der Waals surface area contributed by atoms with Crippen LogP contribution in [0.4, 0.5) is 0 Å². The van der Waals surface area contributed by atoms with E-state index in [1.807, 2.05) is 6.07 Å². The van der Waals surface area contributed by atoms with Gasteiger partial charge in [-0.05, 0) is 24.1 Å². The molecule has 1 saturated heterocycles. The van der Waals surface area contributed by atoms with Gasteiger partial charge in [-0.1, -0.05) is 6.07 Å². The predicted molar refractivity (Wildman–Crippen MR) is 88.3 cm³/mol. The quantitative estimate of drug-likeness (QED) is 0.567. The first kappa shape index (κ1) is 17.1.